The molecule has 8 heteroatoms. The van der Waals surface area contributed by atoms with E-state index in [-0.39, 0.29) is 17.9 Å². The molecule has 3 N–H and O–H groups in total. The number of rotatable bonds is 4. The molecule has 4 aromatic rings. The van der Waals surface area contributed by atoms with E-state index in [1.165, 1.54) is 0 Å². The van der Waals surface area contributed by atoms with Crippen molar-refractivity contribution in [2.45, 2.75) is 38.6 Å². The minimum Gasteiger partial charge on any atom is -0.382 e. The smallest absolute Gasteiger partial charge is 0.227 e. The van der Waals surface area contributed by atoms with E-state index in [1.807, 2.05) is 43.3 Å². The van der Waals surface area contributed by atoms with Gasteiger partial charge < -0.3 is 15.6 Å². The molecule has 3 aromatic heterocycles. The van der Waals surface area contributed by atoms with E-state index in [2.05, 4.69) is 24.8 Å². The van der Waals surface area contributed by atoms with Gasteiger partial charge in [-0.25, -0.2) is 15.0 Å². The Balaban J connectivity index is 1.33. The normalized spacial score (nSPS) is 18.5. The van der Waals surface area contributed by atoms with Crippen LogP contribution in [0.25, 0.3) is 22.6 Å². The van der Waals surface area contributed by atoms with E-state index < -0.39 is 0 Å². The molecular weight excluding hydrogens is 402 g/mol. The number of benzene rings is 1. The van der Waals surface area contributed by atoms with Crippen LogP contribution < -0.4 is 11.1 Å². The number of nitrogens with one attached hydrogen (secondary N) is 1. The molecule has 0 atom stereocenters. The van der Waals surface area contributed by atoms with Gasteiger partial charge in [-0.1, -0.05) is 12.1 Å². The summed E-state index contributed by atoms with van der Waals surface area (Å²) in [6, 6.07) is 11.8. The van der Waals surface area contributed by atoms with Crippen LogP contribution in [-0.2, 0) is 4.79 Å². The van der Waals surface area contributed by atoms with Gasteiger partial charge in [-0.15, -0.1) is 0 Å². The van der Waals surface area contributed by atoms with Crippen LogP contribution in [0, 0.1) is 12.8 Å². The molecular formula is C24H25N7O. The van der Waals surface area contributed by atoms with Crippen LogP contribution in [0.3, 0.4) is 0 Å². The second kappa shape index (κ2) is 8.37. The summed E-state index contributed by atoms with van der Waals surface area (Å²) in [7, 11) is 0. The van der Waals surface area contributed by atoms with Crippen molar-refractivity contribution in [1.29, 1.82) is 0 Å². The molecule has 1 fully saturated rings. The fourth-order valence-corrected chi connectivity index (χ4v) is 4.42. The van der Waals surface area contributed by atoms with Crippen molar-refractivity contribution in [3.05, 3.63) is 60.7 Å². The summed E-state index contributed by atoms with van der Waals surface area (Å²) in [5, 5.41) is 3.06. The lowest BCUT2D eigenvalue weighted by atomic mass is 9.85. The molecule has 1 aliphatic carbocycles. The predicted molar refractivity (Wildman–Crippen MR) is 124 cm³/mol. The Labute approximate surface area is 185 Å². The largest absolute Gasteiger partial charge is 0.382 e. The van der Waals surface area contributed by atoms with Crippen LogP contribution in [0.15, 0.2) is 55.1 Å². The summed E-state index contributed by atoms with van der Waals surface area (Å²) in [5.74, 6) is 1.03. The molecule has 1 saturated carbocycles. The maximum atomic E-state index is 12.8. The number of aromatic nitrogens is 5. The molecule has 0 aliphatic heterocycles. The first-order chi connectivity index (χ1) is 15.6. The molecule has 5 rings (SSSR count). The number of anilines is 2. The van der Waals surface area contributed by atoms with Crippen molar-refractivity contribution < 1.29 is 4.79 Å². The minimum absolute atomic E-state index is 0.00798. The summed E-state index contributed by atoms with van der Waals surface area (Å²) in [4.78, 5) is 30.5. The number of nitrogen functional groups attached to an aromatic ring is 1. The van der Waals surface area contributed by atoms with Crippen molar-refractivity contribution >= 4 is 28.6 Å². The van der Waals surface area contributed by atoms with Crippen molar-refractivity contribution in [1.82, 2.24) is 24.5 Å². The Morgan fingerprint density at radius 3 is 2.62 bits per heavy atom. The van der Waals surface area contributed by atoms with Crippen LogP contribution in [0.2, 0.25) is 0 Å². The number of fused-ring (bicyclic) bond motifs is 1. The molecule has 8 nitrogen and oxygen atoms in total. The summed E-state index contributed by atoms with van der Waals surface area (Å²) >= 11 is 0. The summed E-state index contributed by atoms with van der Waals surface area (Å²) < 4.78 is 2.09. The Morgan fingerprint density at radius 1 is 1.09 bits per heavy atom. The number of imidazole rings is 1. The SMILES string of the molecule is Cc1cccc(NC(=O)[C@H]2CC[C@@H](n3cnc4c(N)nc(-c5ccncc5)nc43)CC2)c1. The van der Waals surface area contributed by atoms with E-state index in [0.29, 0.717) is 17.2 Å². The van der Waals surface area contributed by atoms with Crippen molar-refractivity contribution in [2.75, 3.05) is 11.1 Å². The summed E-state index contributed by atoms with van der Waals surface area (Å²) in [6.07, 6.45) is 8.61. The van der Waals surface area contributed by atoms with Crippen LogP contribution in [0.4, 0.5) is 11.5 Å². The van der Waals surface area contributed by atoms with Crippen LogP contribution in [-0.4, -0.2) is 30.4 Å². The third-order valence-corrected chi connectivity index (χ3v) is 6.13. The second-order valence-corrected chi connectivity index (χ2v) is 8.36. The highest BCUT2D eigenvalue weighted by Gasteiger charge is 2.28. The van der Waals surface area contributed by atoms with Gasteiger partial charge >= 0.3 is 0 Å². The third-order valence-electron chi connectivity index (χ3n) is 6.13. The molecule has 162 valence electrons. The molecule has 0 unspecified atom stereocenters. The number of hydrogen-bond donors (Lipinski definition) is 2. The maximum absolute atomic E-state index is 12.8. The number of nitrogens with zero attached hydrogens (tertiary/aromatic N) is 5. The average molecular weight is 428 g/mol. The van der Waals surface area contributed by atoms with Gasteiger partial charge in [-0.3, -0.25) is 9.78 Å². The van der Waals surface area contributed by atoms with E-state index in [1.54, 1.807) is 18.7 Å². The van der Waals surface area contributed by atoms with Gasteiger partial charge in [0.15, 0.2) is 17.3 Å². The van der Waals surface area contributed by atoms with Gasteiger partial charge in [0.25, 0.3) is 0 Å². The number of hydrogen-bond acceptors (Lipinski definition) is 6. The van der Waals surface area contributed by atoms with Crippen molar-refractivity contribution in [3.8, 4) is 11.4 Å². The first-order valence-corrected chi connectivity index (χ1v) is 10.9. The molecule has 32 heavy (non-hydrogen) atoms. The van der Waals surface area contributed by atoms with Gasteiger partial charge in [0.05, 0.1) is 6.33 Å². The number of aryl methyl sites for hydroxylation is 1. The summed E-state index contributed by atoms with van der Waals surface area (Å²) in [6.45, 7) is 2.02. The standard InChI is InChI=1S/C24H25N7O/c1-15-3-2-4-18(13-15)28-24(32)17-5-7-19(8-6-17)31-14-27-20-21(25)29-22(30-23(20)31)16-9-11-26-12-10-16/h2-4,9-14,17,19H,5-8H2,1H3,(H,28,32)(H2,25,29,30)/t17-,19+. The number of carbonyl (C=O) groups excluding carboxylic acids is 1. The van der Waals surface area contributed by atoms with E-state index in [4.69, 9.17) is 10.7 Å². The number of nitrogens with two attached hydrogens (primary N) is 1. The van der Waals surface area contributed by atoms with Crippen molar-refractivity contribution in [2.24, 2.45) is 5.92 Å². The summed E-state index contributed by atoms with van der Waals surface area (Å²) in [5.41, 5.74) is 10.4. The molecule has 1 aromatic carbocycles. The molecule has 0 spiro atoms. The molecule has 0 saturated heterocycles. The molecule has 1 aliphatic rings. The zero-order valence-electron chi connectivity index (χ0n) is 17.9. The van der Waals surface area contributed by atoms with Gasteiger partial charge in [0.1, 0.15) is 5.52 Å². The fraction of sp³-hybridized carbons (Fsp3) is 0.292. The fourth-order valence-electron chi connectivity index (χ4n) is 4.42. The molecule has 3 heterocycles. The predicted octanol–water partition coefficient (Wildman–Crippen LogP) is 4.15. The maximum Gasteiger partial charge on any atom is 0.227 e. The Morgan fingerprint density at radius 2 is 1.88 bits per heavy atom. The van der Waals surface area contributed by atoms with Crippen LogP contribution >= 0.6 is 0 Å². The topological polar surface area (TPSA) is 112 Å². The zero-order chi connectivity index (χ0) is 22.1. The Bertz CT molecular complexity index is 1260. The molecule has 0 radical (unpaired) electrons. The number of amides is 1. The lowest BCUT2D eigenvalue weighted by Gasteiger charge is -2.28. The number of carbonyl (C=O) groups is 1. The van der Waals surface area contributed by atoms with E-state index >= 15 is 0 Å². The quantitative estimate of drug-likeness (QED) is 0.506. The van der Waals surface area contributed by atoms with E-state index in [0.717, 1.165) is 48.1 Å². The average Bonchev–Trinajstić information content (AvgIpc) is 3.24. The Kier molecular flexibility index (Phi) is 5.26. The minimum atomic E-state index is 0.00798. The lowest BCUT2D eigenvalue weighted by molar-refractivity contribution is -0.120. The van der Waals surface area contributed by atoms with Gasteiger partial charge in [0, 0.05) is 35.6 Å². The third kappa shape index (κ3) is 3.91. The Hall–Kier alpha value is -3.81. The highest BCUT2D eigenvalue weighted by Crippen LogP contribution is 2.35. The monoisotopic (exact) mass is 427 g/mol. The number of pyridine rings is 1. The highest BCUT2D eigenvalue weighted by atomic mass is 16.1. The molecule has 0 bridgehead atoms. The second-order valence-electron chi connectivity index (χ2n) is 8.36. The molecule has 1 amide bonds. The van der Waals surface area contributed by atoms with Crippen molar-refractivity contribution in [3.63, 3.8) is 0 Å². The van der Waals surface area contributed by atoms with Crippen LogP contribution in [0.1, 0.15) is 37.3 Å². The van der Waals surface area contributed by atoms with Gasteiger partial charge in [-0.2, -0.15) is 0 Å². The van der Waals surface area contributed by atoms with E-state index in [9.17, 15) is 4.79 Å². The first kappa shape index (κ1) is 20.1. The van der Waals surface area contributed by atoms with Gasteiger partial charge in [0.2, 0.25) is 5.91 Å². The lowest BCUT2D eigenvalue weighted by Crippen LogP contribution is -2.28. The van der Waals surface area contributed by atoms with Gasteiger partial charge in [-0.05, 0) is 62.4 Å². The first-order valence-electron chi connectivity index (χ1n) is 10.9. The van der Waals surface area contributed by atoms with Crippen LogP contribution in [0.5, 0.6) is 0 Å². The zero-order valence-corrected chi connectivity index (χ0v) is 17.9. The highest BCUT2D eigenvalue weighted by molar-refractivity contribution is 5.92.